The SMILES string of the molecule is COc1cc([C@@H](OC)C(=O)Nc2nnc(N[C@@H]3CCN(c4nccnn4)C3)s2)ccc1F. The van der Waals surface area contributed by atoms with Gasteiger partial charge in [-0.05, 0) is 24.1 Å². The van der Waals surface area contributed by atoms with Crippen molar-refractivity contribution in [2.75, 3.05) is 42.8 Å². The van der Waals surface area contributed by atoms with Crippen molar-refractivity contribution >= 4 is 33.5 Å². The lowest BCUT2D eigenvalue weighted by molar-refractivity contribution is -0.126. The number of ether oxygens (including phenoxy) is 2. The van der Waals surface area contributed by atoms with Gasteiger partial charge in [0.2, 0.25) is 16.2 Å². The van der Waals surface area contributed by atoms with Crippen LogP contribution in [-0.2, 0) is 9.53 Å². The van der Waals surface area contributed by atoms with Crippen LogP contribution in [0.5, 0.6) is 5.75 Å². The Morgan fingerprint density at radius 1 is 1.25 bits per heavy atom. The number of rotatable bonds is 8. The maximum atomic E-state index is 13.7. The third-order valence-electron chi connectivity index (χ3n) is 4.88. The summed E-state index contributed by atoms with van der Waals surface area (Å²) in [6.45, 7) is 1.49. The van der Waals surface area contributed by atoms with E-state index in [2.05, 4.69) is 36.0 Å². The van der Waals surface area contributed by atoms with Crippen molar-refractivity contribution < 1.29 is 18.7 Å². The second kappa shape index (κ2) is 9.78. The van der Waals surface area contributed by atoms with E-state index in [0.717, 1.165) is 13.0 Å². The first-order valence-electron chi connectivity index (χ1n) is 9.73. The first-order valence-corrected chi connectivity index (χ1v) is 10.5. The van der Waals surface area contributed by atoms with E-state index in [0.29, 0.717) is 28.3 Å². The highest BCUT2D eigenvalue weighted by atomic mass is 32.1. The van der Waals surface area contributed by atoms with Gasteiger partial charge in [0.05, 0.1) is 19.5 Å². The molecular formula is C19H21FN8O3S. The molecule has 1 saturated heterocycles. The summed E-state index contributed by atoms with van der Waals surface area (Å²) in [5, 5.41) is 22.9. The monoisotopic (exact) mass is 460 g/mol. The number of nitrogens with zero attached hydrogens (tertiary/aromatic N) is 6. The van der Waals surface area contributed by atoms with E-state index in [-0.39, 0.29) is 11.8 Å². The molecular weight excluding hydrogens is 439 g/mol. The van der Waals surface area contributed by atoms with Crippen LogP contribution >= 0.6 is 11.3 Å². The number of nitrogens with one attached hydrogen (secondary N) is 2. The number of amides is 1. The predicted octanol–water partition coefficient (Wildman–Crippen LogP) is 1.89. The molecule has 32 heavy (non-hydrogen) atoms. The van der Waals surface area contributed by atoms with Crippen LogP contribution in [0.3, 0.4) is 0 Å². The van der Waals surface area contributed by atoms with Crippen molar-refractivity contribution in [2.45, 2.75) is 18.6 Å². The molecule has 1 aliphatic rings. The number of carbonyl (C=O) groups excluding carboxylic acids is 1. The van der Waals surface area contributed by atoms with Gasteiger partial charge >= 0.3 is 0 Å². The Morgan fingerprint density at radius 3 is 2.84 bits per heavy atom. The first kappa shape index (κ1) is 21.8. The van der Waals surface area contributed by atoms with Gasteiger partial charge in [-0.15, -0.1) is 15.3 Å². The summed E-state index contributed by atoms with van der Waals surface area (Å²) in [6, 6.07) is 4.25. The molecule has 4 rings (SSSR count). The van der Waals surface area contributed by atoms with Gasteiger partial charge in [0, 0.05) is 26.2 Å². The molecule has 13 heteroatoms. The quantitative estimate of drug-likeness (QED) is 0.514. The molecule has 3 aromatic rings. The van der Waals surface area contributed by atoms with Crippen LogP contribution in [0.4, 0.5) is 20.6 Å². The Morgan fingerprint density at radius 2 is 2.09 bits per heavy atom. The number of halogens is 1. The van der Waals surface area contributed by atoms with Crippen molar-refractivity contribution in [3.05, 3.63) is 42.0 Å². The highest BCUT2D eigenvalue weighted by molar-refractivity contribution is 7.19. The molecule has 0 saturated carbocycles. The fourth-order valence-corrected chi connectivity index (χ4v) is 4.08. The minimum atomic E-state index is -0.965. The molecule has 168 valence electrons. The van der Waals surface area contributed by atoms with E-state index in [4.69, 9.17) is 9.47 Å². The Bertz CT molecular complexity index is 1070. The number of hydrogen-bond donors (Lipinski definition) is 2. The minimum Gasteiger partial charge on any atom is -0.494 e. The van der Waals surface area contributed by atoms with Gasteiger partial charge in [0.25, 0.3) is 5.91 Å². The zero-order chi connectivity index (χ0) is 22.5. The number of anilines is 3. The second-order valence-electron chi connectivity index (χ2n) is 6.93. The molecule has 11 nitrogen and oxygen atoms in total. The summed E-state index contributed by atoms with van der Waals surface area (Å²) in [4.78, 5) is 19.0. The van der Waals surface area contributed by atoms with Gasteiger partial charge in [0.1, 0.15) is 0 Å². The second-order valence-corrected chi connectivity index (χ2v) is 7.91. The Balaban J connectivity index is 1.36. The number of methoxy groups -OCH3 is 2. The maximum absolute atomic E-state index is 13.7. The smallest absolute Gasteiger partial charge is 0.259 e. The lowest BCUT2D eigenvalue weighted by Gasteiger charge is -2.15. The van der Waals surface area contributed by atoms with Crippen LogP contribution in [0.2, 0.25) is 0 Å². The van der Waals surface area contributed by atoms with Gasteiger partial charge in [-0.1, -0.05) is 17.4 Å². The Kier molecular flexibility index (Phi) is 6.66. The minimum absolute atomic E-state index is 0.0297. The van der Waals surface area contributed by atoms with Gasteiger partial charge in [-0.3, -0.25) is 10.1 Å². The molecule has 0 bridgehead atoms. The average Bonchev–Trinajstić information content (AvgIpc) is 3.46. The fraction of sp³-hybridized carbons (Fsp3) is 0.368. The van der Waals surface area contributed by atoms with Gasteiger partial charge in [0.15, 0.2) is 17.7 Å². The molecule has 1 aliphatic heterocycles. The molecule has 0 radical (unpaired) electrons. The van der Waals surface area contributed by atoms with Crippen LogP contribution in [0.15, 0.2) is 30.6 Å². The van der Waals surface area contributed by atoms with Crippen molar-refractivity contribution in [3.8, 4) is 5.75 Å². The van der Waals surface area contributed by atoms with E-state index in [9.17, 15) is 9.18 Å². The summed E-state index contributed by atoms with van der Waals surface area (Å²) in [5.41, 5.74) is 0.454. The number of aromatic nitrogens is 5. The summed E-state index contributed by atoms with van der Waals surface area (Å²) in [5.74, 6) is -0.358. The van der Waals surface area contributed by atoms with E-state index < -0.39 is 17.8 Å². The number of hydrogen-bond acceptors (Lipinski definition) is 11. The molecule has 1 aromatic carbocycles. The normalized spacial score (nSPS) is 16.6. The third-order valence-corrected chi connectivity index (χ3v) is 5.65. The van der Waals surface area contributed by atoms with Crippen LogP contribution < -0.4 is 20.3 Å². The van der Waals surface area contributed by atoms with Crippen molar-refractivity contribution in [3.63, 3.8) is 0 Å². The Labute approximate surface area is 187 Å². The van der Waals surface area contributed by atoms with Crippen molar-refractivity contribution in [1.29, 1.82) is 0 Å². The van der Waals surface area contributed by atoms with Crippen molar-refractivity contribution in [2.24, 2.45) is 0 Å². The average molecular weight is 460 g/mol. The Hall–Kier alpha value is -3.45. The topological polar surface area (TPSA) is 127 Å². The van der Waals surface area contributed by atoms with Crippen LogP contribution in [0.1, 0.15) is 18.1 Å². The van der Waals surface area contributed by atoms with E-state index in [1.807, 2.05) is 4.90 Å². The molecule has 2 aromatic heterocycles. The summed E-state index contributed by atoms with van der Waals surface area (Å²) >= 11 is 1.21. The molecule has 1 amide bonds. The fourth-order valence-electron chi connectivity index (χ4n) is 3.36. The zero-order valence-corrected chi connectivity index (χ0v) is 18.2. The standard InChI is InChI=1S/C19H21FN8O3S/c1-30-14-9-11(3-4-13(14)20)15(31-2)16(29)24-19-27-26-18(32-19)23-12-5-8-28(10-12)17-21-6-7-22-25-17/h3-4,6-7,9,12,15H,5,8,10H2,1-2H3,(H,23,26)(H,24,27,29)/t12-,15-/m1/s1. The highest BCUT2D eigenvalue weighted by Gasteiger charge is 2.26. The molecule has 0 unspecified atom stereocenters. The maximum Gasteiger partial charge on any atom is 0.259 e. The van der Waals surface area contributed by atoms with E-state index in [1.54, 1.807) is 6.20 Å². The lowest BCUT2D eigenvalue weighted by atomic mass is 10.1. The van der Waals surface area contributed by atoms with E-state index in [1.165, 1.54) is 50.0 Å². The molecule has 2 atom stereocenters. The third kappa shape index (κ3) is 4.89. The summed E-state index contributed by atoms with van der Waals surface area (Å²) in [6.07, 6.45) is 3.05. The van der Waals surface area contributed by atoms with Crippen molar-refractivity contribution in [1.82, 2.24) is 25.4 Å². The molecule has 0 spiro atoms. The summed E-state index contributed by atoms with van der Waals surface area (Å²) in [7, 11) is 2.75. The zero-order valence-electron chi connectivity index (χ0n) is 17.4. The lowest BCUT2D eigenvalue weighted by Crippen LogP contribution is -2.27. The number of benzene rings is 1. The highest BCUT2D eigenvalue weighted by Crippen LogP contribution is 2.28. The molecule has 2 N–H and O–H groups in total. The van der Waals surface area contributed by atoms with Gasteiger partial charge < -0.3 is 19.7 Å². The molecule has 0 aliphatic carbocycles. The first-order chi connectivity index (χ1) is 15.6. The summed E-state index contributed by atoms with van der Waals surface area (Å²) < 4.78 is 24.0. The molecule has 3 heterocycles. The van der Waals surface area contributed by atoms with Crippen LogP contribution in [-0.4, -0.2) is 64.6 Å². The molecule has 1 fully saturated rings. The van der Waals surface area contributed by atoms with Crippen LogP contribution in [0.25, 0.3) is 0 Å². The largest absolute Gasteiger partial charge is 0.494 e. The van der Waals surface area contributed by atoms with Gasteiger partial charge in [-0.25, -0.2) is 9.37 Å². The van der Waals surface area contributed by atoms with Crippen LogP contribution in [0, 0.1) is 5.82 Å². The van der Waals surface area contributed by atoms with Gasteiger partial charge in [-0.2, -0.15) is 5.10 Å². The number of carbonyl (C=O) groups is 1. The van der Waals surface area contributed by atoms with E-state index >= 15 is 0 Å². The predicted molar refractivity (Wildman–Crippen MR) is 115 cm³/mol.